The summed E-state index contributed by atoms with van der Waals surface area (Å²) in [5.74, 6) is 0.693. The van der Waals surface area contributed by atoms with Gasteiger partial charge in [0.25, 0.3) is 0 Å². The van der Waals surface area contributed by atoms with Crippen molar-refractivity contribution in [3.05, 3.63) is 46.0 Å². The number of benzene rings is 1. The Hall–Kier alpha value is -2.19. The van der Waals surface area contributed by atoms with Gasteiger partial charge < -0.3 is 9.88 Å². The van der Waals surface area contributed by atoms with Gasteiger partial charge in [0.1, 0.15) is 5.82 Å². The lowest BCUT2D eigenvalue weighted by atomic mass is 9.95. The van der Waals surface area contributed by atoms with E-state index in [0.717, 1.165) is 33.6 Å². The van der Waals surface area contributed by atoms with Gasteiger partial charge in [0, 0.05) is 45.4 Å². The first-order valence-corrected chi connectivity index (χ1v) is 10.8. The van der Waals surface area contributed by atoms with E-state index in [9.17, 15) is 13.2 Å². The molecule has 0 spiro atoms. The van der Waals surface area contributed by atoms with Crippen molar-refractivity contribution in [2.45, 2.75) is 52.4 Å². The van der Waals surface area contributed by atoms with Gasteiger partial charge in [-0.1, -0.05) is 0 Å². The van der Waals surface area contributed by atoms with Crippen LogP contribution in [-0.4, -0.2) is 37.0 Å². The van der Waals surface area contributed by atoms with E-state index < -0.39 is 10.0 Å². The van der Waals surface area contributed by atoms with E-state index in [1.807, 2.05) is 52.4 Å². The Labute approximate surface area is 167 Å². The molecular formula is C20H30N4O3S. The number of aryl methyl sites for hydroxylation is 1. The quantitative estimate of drug-likeness (QED) is 0.701. The lowest BCUT2D eigenvalue weighted by Crippen LogP contribution is -2.32. The highest BCUT2D eigenvalue weighted by Gasteiger charge is 2.23. The van der Waals surface area contributed by atoms with Crippen LogP contribution in [0.25, 0.3) is 0 Å². The summed E-state index contributed by atoms with van der Waals surface area (Å²) in [6.07, 6.45) is 4.28. The average Bonchev–Trinajstić information content (AvgIpc) is 3.03. The third-order valence-electron chi connectivity index (χ3n) is 5.44. The van der Waals surface area contributed by atoms with Gasteiger partial charge >= 0.3 is 0 Å². The molecule has 0 fully saturated rings. The van der Waals surface area contributed by atoms with Crippen molar-refractivity contribution in [1.29, 1.82) is 0 Å². The molecule has 0 saturated carbocycles. The van der Waals surface area contributed by atoms with Crippen LogP contribution < -0.4 is 10.0 Å². The van der Waals surface area contributed by atoms with Crippen LogP contribution in [0, 0.1) is 34.6 Å². The summed E-state index contributed by atoms with van der Waals surface area (Å²) in [6, 6.07) is 0. The molecule has 2 N–H and O–H groups in total. The highest BCUT2D eigenvalue weighted by atomic mass is 32.2. The predicted octanol–water partition coefficient (Wildman–Crippen LogP) is 1.99. The summed E-state index contributed by atoms with van der Waals surface area (Å²) in [6.45, 7) is 10.0. The fourth-order valence-corrected chi connectivity index (χ4v) is 4.91. The molecule has 0 aliphatic heterocycles. The van der Waals surface area contributed by atoms with Crippen molar-refractivity contribution in [2.75, 3.05) is 13.1 Å². The third-order valence-corrected chi connectivity index (χ3v) is 7.17. The van der Waals surface area contributed by atoms with Gasteiger partial charge in [0.2, 0.25) is 15.9 Å². The van der Waals surface area contributed by atoms with E-state index in [0.29, 0.717) is 17.9 Å². The van der Waals surface area contributed by atoms with Crippen LogP contribution in [-0.2, 0) is 28.3 Å². The summed E-state index contributed by atoms with van der Waals surface area (Å²) in [7, 11) is -1.78. The largest absolute Gasteiger partial charge is 0.356 e. The van der Waals surface area contributed by atoms with Gasteiger partial charge in [-0.15, -0.1) is 0 Å². The van der Waals surface area contributed by atoms with Gasteiger partial charge in [0.15, 0.2) is 0 Å². The first-order valence-electron chi connectivity index (χ1n) is 9.35. The zero-order chi connectivity index (χ0) is 21.1. The molecule has 28 heavy (non-hydrogen) atoms. The normalized spacial score (nSPS) is 11.6. The molecule has 0 bridgehead atoms. The molecule has 1 amide bonds. The highest BCUT2D eigenvalue weighted by molar-refractivity contribution is 7.89. The van der Waals surface area contributed by atoms with Gasteiger partial charge in [0.05, 0.1) is 4.90 Å². The minimum absolute atomic E-state index is 0.0570. The summed E-state index contributed by atoms with van der Waals surface area (Å²) >= 11 is 0. The Kier molecular flexibility index (Phi) is 7.01. The van der Waals surface area contributed by atoms with Crippen LogP contribution in [0.3, 0.4) is 0 Å². The number of hydrogen-bond acceptors (Lipinski definition) is 4. The molecule has 1 aromatic carbocycles. The Morgan fingerprint density at radius 3 is 2.11 bits per heavy atom. The first kappa shape index (κ1) is 22.1. The van der Waals surface area contributed by atoms with E-state index in [1.165, 1.54) is 0 Å². The SMILES string of the molecule is Cc1c(C)c(C)c(S(=O)(=O)NCCC(=O)NCCc2nccn2C)c(C)c1C. The Balaban J connectivity index is 1.93. The molecule has 2 rings (SSSR count). The maximum absolute atomic E-state index is 12.8. The van der Waals surface area contributed by atoms with Crippen LogP contribution in [0.1, 0.15) is 40.1 Å². The summed E-state index contributed by atoms with van der Waals surface area (Å²) in [5.41, 5.74) is 4.59. The Morgan fingerprint density at radius 2 is 1.57 bits per heavy atom. The third kappa shape index (κ3) is 4.80. The highest BCUT2D eigenvalue weighted by Crippen LogP contribution is 2.29. The van der Waals surface area contributed by atoms with Crippen LogP contribution in [0.5, 0.6) is 0 Å². The monoisotopic (exact) mass is 406 g/mol. The fraction of sp³-hybridized carbons (Fsp3) is 0.500. The van der Waals surface area contributed by atoms with E-state index in [-0.39, 0.29) is 18.9 Å². The lowest BCUT2D eigenvalue weighted by molar-refractivity contribution is -0.120. The van der Waals surface area contributed by atoms with E-state index in [4.69, 9.17) is 0 Å². The Morgan fingerprint density at radius 1 is 1.00 bits per heavy atom. The average molecular weight is 407 g/mol. The molecule has 1 heterocycles. The van der Waals surface area contributed by atoms with Crippen molar-refractivity contribution >= 4 is 15.9 Å². The summed E-state index contributed by atoms with van der Waals surface area (Å²) in [4.78, 5) is 16.5. The number of nitrogens with zero attached hydrogens (tertiary/aromatic N) is 2. The molecule has 0 radical (unpaired) electrons. The van der Waals surface area contributed by atoms with Crippen molar-refractivity contribution in [2.24, 2.45) is 7.05 Å². The Bertz CT molecular complexity index is 949. The van der Waals surface area contributed by atoms with Crippen LogP contribution in [0.2, 0.25) is 0 Å². The van der Waals surface area contributed by atoms with E-state index in [1.54, 1.807) is 6.20 Å². The minimum Gasteiger partial charge on any atom is -0.356 e. The molecule has 154 valence electrons. The molecule has 0 aliphatic carbocycles. The number of carbonyl (C=O) groups is 1. The van der Waals surface area contributed by atoms with Crippen molar-refractivity contribution < 1.29 is 13.2 Å². The molecule has 0 saturated heterocycles. The molecular weight excluding hydrogens is 376 g/mol. The molecule has 7 nitrogen and oxygen atoms in total. The zero-order valence-electron chi connectivity index (χ0n) is 17.5. The maximum atomic E-state index is 12.8. The molecule has 0 unspecified atom stereocenters. The number of amides is 1. The van der Waals surface area contributed by atoms with Crippen molar-refractivity contribution in [3.63, 3.8) is 0 Å². The number of sulfonamides is 1. The van der Waals surface area contributed by atoms with Crippen molar-refractivity contribution in [1.82, 2.24) is 19.6 Å². The molecule has 8 heteroatoms. The number of aromatic nitrogens is 2. The molecule has 1 aromatic heterocycles. The van der Waals surface area contributed by atoms with Gasteiger partial charge in [-0.3, -0.25) is 4.79 Å². The first-order chi connectivity index (χ1) is 13.1. The summed E-state index contributed by atoms with van der Waals surface area (Å²) < 4.78 is 30.1. The topological polar surface area (TPSA) is 93.1 Å². The van der Waals surface area contributed by atoms with Crippen LogP contribution >= 0.6 is 0 Å². The second-order valence-electron chi connectivity index (χ2n) is 7.16. The summed E-state index contributed by atoms with van der Waals surface area (Å²) in [5, 5.41) is 2.80. The fourth-order valence-electron chi connectivity index (χ4n) is 3.28. The minimum atomic E-state index is -3.68. The maximum Gasteiger partial charge on any atom is 0.241 e. The molecule has 0 aliphatic rings. The van der Waals surface area contributed by atoms with Gasteiger partial charge in [-0.25, -0.2) is 18.1 Å². The second-order valence-corrected chi connectivity index (χ2v) is 8.86. The zero-order valence-corrected chi connectivity index (χ0v) is 18.3. The van der Waals surface area contributed by atoms with Crippen molar-refractivity contribution in [3.8, 4) is 0 Å². The van der Waals surface area contributed by atoms with Gasteiger partial charge in [-0.05, 0) is 62.4 Å². The predicted molar refractivity (Wildman–Crippen MR) is 110 cm³/mol. The second kappa shape index (κ2) is 8.87. The van der Waals surface area contributed by atoms with Gasteiger partial charge in [-0.2, -0.15) is 0 Å². The van der Waals surface area contributed by atoms with Crippen LogP contribution in [0.15, 0.2) is 17.3 Å². The van der Waals surface area contributed by atoms with E-state index >= 15 is 0 Å². The number of imidazole rings is 1. The molecule has 2 aromatic rings. The van der Waals surface area contributed by atoms with Crippen LogP contribution in [0.4, 0.5) is 0 Å². The number of nitrogens with one attached hydrogen (secondary N) is 2. The standard InChI is InChI=1S/C20H30N4O3S/c1-13-14(2)16(4)20(17(5)15(13)3)28(26,27)23-10-8-19(25)22-9-7-18-21-11-12-24(18)6/h11-12,23H,7-10H2,1-6H3,(H,22,25). The number of hydrogen-bond donors (Lipinski definition) is 2. The molecule has 0 atom stereocenters. The number of rotatable bonds is 8. The number of carbonyl (C=O) groups excluding carboxylic acids is 1. The van der Waals surface area contributed by atoms with E-state index in [2.05, 4.69) is 15.0 Å². The smallest absolute Gasteiger partial charge is 0.241 e. The lowest BCUT2D eigenvalue weighted by Gasteiger charge is -2.19.